The molecule has 1 aromatic carbocycles. The van der Waals surface area contributed by atoms with Gasteiger partial charge in [-0.1, -0.05) is 70.7 Å². The highest BCUT2D eigenvalue weighted by molar-refractivity contribution is 8.15. The number of anilines is 1. The van der Waals surface area contributed by atoms with Gasteiger partial charge in [0.1, 0.15) is 0 Å². The number of para-hydroxylation sites is 1. The van der Waals surface area contributed by atoms with Crippen LogP contribution in [0.3, 0.4) is 0 Å². The molecule has 1 aromatic rings. The van der Waals surface area contributed by atoms with E-state index >= 15 is 0 Å². The highest BCUT2D eigenvalue weighted by Crippen LogP contribution is 2.67. The molecule has 3 heteroatoms. The van der Waals surface area contributed by atoms with Crippen molar-refractivity contribution in [2.45, 2.75) is 71.5 Å². The van der Waals surface area contributed by atoms with Crippen molar-refractivity contribution in [3.05, 3.63) is 53.3 Å². The molecule has 1 N–H and O–H groups in total. The van der Waals surface area contributed by atoms with Crippen LogP contribution in [-0.4, -0.2) is 9.91 Å². The van der Waals surface area contributed by atoms with Crippen molar-refractivity contribution >= 4 is 22.6 Å². The van der Waals surface area contributed by atoms with E-state index in [0.717, 1.165) is 17.3 Å². The van der Waals surface area contributed by atoms with Gasteiger partial charge in [-0.05, 0) is 71.6 Å². The zero-order chi connectivity index (χ0) is 19.8. The molecule has 1 aliphatic heterocycles. The largest absolute Gasteiger partial charge is 0.335 e. The van der Waals surface area contributed by atoms with Crippen molar-refractivity contribution in [1.82, 2.24) is 0 Å². The molecule has 0 radical (unpaired) electrons. The number of aliphatic imine (C=N–C) groups is 1. The zero-order valence-electron chi connectivity index (χ0n) is 17.9. The Labute approximate surface area is 174 Å². The Balaban J connectivity index is 1.65. The minimum Gasteiger partial charge on any atom is -0.335 e. The van der Waals surface area contributed by atoms with Crippen molar-refractivity contribution in [2.75, 3.05) is 5.32 Å². The molecular weight excluding hydrogens is 360 g/mol. The average molecular weight is 393 g/mol. The van der Waals surface area contributed by atoms with E-state index in [2.05, 4.69) is 76.3 Å². The minimum atomic E-state index is 0.172. The molecule has 1 saturated carbocycles. The van der Waals surface area contributed by atoms with Crippen molar-refractivity contribution in [3.8, 4) is 0 Å². The fraction of sp³-hybridized carbons (Fsp3) is 0.560. The Morgan fingerprint density at radius 1 is 0.893 bits per heavy atom. The van der Waals surface area contributed by atoms with E-state index in [1.54, 1.807) is 11.1 Å². The van der Waals surface area contributed by atoms with Crippen LogP contribution in [0, 0.1) is 16.2 Å². The summed E-state index contributed by atoms with van der Waals surface area (Å²) in [5.74, 6) is 0. The first-order valence-corrected chi connectivity index (χ1v) is 11.4. The normalized spacial score (nSPS) is 34.9. The van der Waals surface area contributed by atoms with E-state index < -0.39 is 0 Å². The summed E-state index contributed by atoms with van der Waals surface area (Å²) in [6, 6.07) is 10.5. The van der Waals surface area contributed by atoms with Crippen molar-refractivity contribution < 1.29 is 0 Å². The zero-order valence-corrected chi connectivity index (χ0v) is 18.7. The van der Waals surface area contributed by atoms with Crippen molar-refractivity contribution in [2.24, 2.45) is 21.2 Å². The van der Waals surface area contributed by atoms with Crippen LogP contribution in [-0.2, 0) is 0 Å². The van der Waals surface area contributed by atoms with Gasteiger partial charge in [-0.2, -0.15) is 0 Å². The van der Waals surface area contributed by atoms with Crippen LogP contribution < -0.4 is 5.32 Å². The summed E-state index contributed by atoms with van der Waals surface area (Å²) in [5.41, 5.74) is 6.61. The number of hydrogen-bond donors (Lipinski definition) is 1. The summed E-state index contributed by atoms with van der Waals surface area (Å²) in [6.45, 7) is 12.2. The van der Waals surface area contributed by atoms with Gasteiger partial charge < -0.3 is 5.32 Å². The summed E-state index contributed by atoms with van der Waals surface area (Å²) in [7, 11) is 0. The van der Waals surface area contributed by atoms with Gasteiger partial charge in [0.05, 0.1) is 4.75 Å². The molecule has 1 fully saturated rings. The number of allylic oxidation sites excluding steroid dienone is 3. The number of amidine groups is 1. The summed E-state index contributed by atoms with van der Waals surface area (Å²) in [5, 5.41) is 4.73. The monoisotopic (exact) mass is 392 g/mol. The van der Waals surface area contributed by atoms with Gasteiger partial charge in [-0.3, -0.25) is 0 Å². The van der Waals surface area contributed by atoms with Crippen LogP contribution in [0.1, 0.15) is 66.7 Å². The Morgan fingerprint density at radius 2 is 1.64 bits per heavy atom. The third-order valence-electron chi connectivity index (χ3n) is 6.79. The number of thioether (sulfide) groups is 1. The predicted octanol–water partition coefficient (Wildman–Crippen LogP) is 7.17. The average Bonchev–Trinajstić information content (AvgIpc) is 2.50. The van der Waals surface area contributed by atoms with Crippen LogP contribution >= 0.6 is 11.8 Å². The van der Waals surface area contributed by atoms with Crippen LogP contribution in [0.25, 0.3) is 0 Å². The summed E-state index contributed by atoms with van der Waals surface area (Å²) >= 11 is 2.01. The SMILES string of the molecule is CC1(C)CC2=CC3(C)CC(C)(C)CC4(C3)SC(Nc3ccccc3)=NC(=C24)C1. The topological polar surface area (TPSA) is 24.4 Å². The van der Waals surface area contributed by atoms with Crippen molar-refractivity contribution in [3.63, 3.8) is 0 Å². The fourth-order valence-electron chi connectivity index (χ4n) is 6.73. The number of benzene rings is 1. The van der Waals surface area contributed by atoms with E-state index in [4.69, 9.17) is 4.99 Å². The van der Waals surface area contributed by atoms with Gasteiger partial charge in [-0.15, -0.1) is 0 Å². The van der Waals surface area contributed by atoms with Gasteiger partial charge in [0.25, 0.3) is 0 Å². The van der Waals surface area contributed by atoms with Gasteiger partial charge in [-0.25, -0.2) is 4.99 Å². The highest BCUT2D eigenvalue weighted by atomic mass is 32.2. The number of fused-ring (bicyclic) bond motifs is 1. The second-order valence-electron chi connectivity index (χ2n) is 11.4. The molecular formula is C25H32N2S. The number of nitrogens with one attached hydrogen (secondary N) is 1. The number of hydrogen-bond acceptors (Lipinski definition) is 3. The first kappa shape index (κ1) is 18.5. The molecule has 0 aromatic heterocycles. The first-order valence-electron chi connectivity index (χ1n) is 10.6. The molecule has 0 amide bonds. The highest BCUT2D eigenvalue weighted by Gasteiger charge is 2.57. The van der Waals surface area contributed by atoms with Gasteiger partial charge in [0, 0.05) is 11.4 Å². The molecule has 2 unspecified atom stereocenters. The van der Waals surface area contributed by atoms with E-state index in [0.29, 0.717) is 10.8 Å². The van der Waals surface area contributed by atoms with Gasteiger partial charge in [0.2, 0.25) is 0 Å². The molecule has 1 heterocycles. The van der Waals surface area contributed by atoms with Gasteiger partial charge in [0.15, 0.2) is 5.17 Å². The van der Waals surface area contributed by atoms with E-state index in [9.17, 15) is 0 Å². The Hall–Kier alpha value is -1.48. The molecule has 4 aliphatic rings. The van der Waals surface area contributed by atoms with Crippen LogP contribution in [0.4, 0.5) is 5.69 Å². The lowest BCUT2D eigenvalue weighted by molar-refractivity contribution is 0.107. The van der Waals surface area contributed by atoms with Crippen LogP contribution in [0.2, 0.25) is 0 Å². The molecule has 2 atom stereocenters. The standard InChI is InChI=1S/C25H32N2S/c1-22(2)11-17-12-24(5)14-23(3,4)15-25(16-24)20(17)19(13-22)27-21(28-25)26-18-9-7-6-8-10-18/h6-10,12H,11,13-16H2,1-5H3,(H,26,27). The lowest BCUT2D eigenvalue weighted by Gasteiger charge is -2.59. The molecule has 0 saturated heterocycles. The Morgan fingerprint density at radius 3 is 2.39 bits per heavy atom. The second-order valence-corrected chi connectivity index (χ2v) is 12.7. The third-order valence-corrected chi connectivity index (χ3v) is 8.06. The maximum absolute atomic E-state index is 5.20. The van der Waals surface area contributed by atoms with E-state index in [1.165, 1.54) is 31.4 Å². The summed E-state index contributed by atoms with van der Waals surface area (Å²) in [4.78, 5) is 5.20. The summed E-state index contributed by atoms with van der Waals surface area (Å²) in [6.07, 6.45) is 8.69. The first-order chi connectivity index (χ1) is 13.1. The molecule has 28 heavy (non-hydrogen) atoms. The van der Waals surface area contributed by atoms with E-state index in [1.807, 2.05) is 11.8 Å². The van der Waals surface area contributed by atoms with Crippen LogP contribution in [0.15, 0.2) is 58.2 Å². The number of nitrogens with zero attached hydrogens (tertiary/aromatic N) is 1. The quantitative estimate of drug-likeness (QED) is 0.548. The predicted molar refractivity (Wildman–Crippen MR) is 122 cm³/mol. The van der Waals surface area contributed by atoms with E-state index in [-0.39, 0.29) is 10.2 Å². The molecule has 148 valence electrons. The van der Waals surface area contributed by atoms with Crippen LogP contribution in [0.5, 0.6) is 0 Å². The fourth-order valence-corrected chi connectivity index (χ4v) is 8.64. The lowest BCUT2D eigenvalue weighted by atomic mass is 9.52. The Kier molecular flexibility index (Phi) is 3.83. The summed E-state index contributed by atoms with van der Waals surface area (Å²) < 4.78 is 0.172. The maximum Gasteiger partial charge on any atom is 0.166 e. The molecule has 2 nitrogen and oxygen atoms in total. The molecule has 2 bridgehead atoms. The Bertz CT molecular complexity index is 921. The minimum absolute atomic E-state index is 0.172. The molecule has 1 spiro atoms. The molecule has 5 rings (SSSR count). The molecule has 3 aliphatic carbocycles. The number of rotatable bonds is 1. The maximum atomic E-state index is 5.20. The van der Waals surface area contributed by atoms with Gasteiger partial charge >= 0.3 is 0 Å². The smallest absolute Gasteiger partial charge is 0.166 e. The second kappa shape index (κ2) is 5.78. The van der Waals surface area contributed by atoms with Crippen molar-refractivity contribution in [1.29, 1.82) is 0 Å². The third kappa shape index (κ3) is 3.07. The lowest BCUT2D eigenvalue weighted by Crippen LogP contribution is -2.52.